The molecule has 5 aromatic rings. The van der Waals surface area contributed by atoms with Crippen LogP contribution in [0.5, 0.6) is 0 Å². The highest BCUT2D eigenvalue weighted by Crippen LogP contribution is 2.37. The summed E-state index contributed by atoms with van der Waals surface area (Å²) in [5.41, 5.74) is 12.5. The van der Waals surface area contributed by atoms with Crippen molar-refractivity contribution in [3.05, 3.63) is 77.9 Å². The summed E-state index contributed by atoms with van der Waals surface area (Å²) in [5.74, 6) is 0. The van der Waals surface area contributed by atoms with Gasteiger partial charge in [0.05, 0.1) is 11.2 Å². The van der Waals surface area contributed by atoms with Gasteiger partial charge in [-0.1, -0.05) is 42.5 Å². The van der Waals surface area contributed by atoms with Crippen LogP contribution in [-0.2, 0) is 0 Å². The second kappa shape index (κ2) is 9.07. The molecular formula is C27H25N3OS. The highest BCUT2D eigenvalue weighted by atomic mass is 32.2. The van der Waals surface area contributed by atoms with E-state index in [0.29, 0.717) is 6.54 Å². The van der Waals surface area contributed by atoms with Crippen molar-refractivity contribution in [1.82, 2.24) is 4.98 Å². The van der Waals surface area contributed by atoms with Gasteiger partial charge in [-0.15, -0.1) is 11.8 Å². The van der Waals surface area contributed by atoms with Crippen LogP contribution in [0.1, 0.15) is 17.5 Å². The van der Waals surface area contributed by atoms with Crippen LogP contribution in [0.2, 0.25) is 0 Å². The second-order valence-corrected chi connectivity index (χ2v) is 8.59. The van der Waals surface area contributed by atoms with E-state index in [-0.39, 0.29) is 0 Å². The highest BCUT2D eigenvalue weighted by Gasteiger charge is 2.16. The van der Waals surface area contributed by atoms with Gasteiger partial charge in [-0.2, -0.15) is 0 Å². The first kappa shape index (κ1) is 20.6. The zero-order chi connectivity index (χ0) is 21.9. The fourth-order valence-corrected chi connectivity index (χ4v) is 4.32. The van der Waals surface area contributed by atoms with E-state index in [9.17, 15) is 0 Å². The average Bonchev–Trinajstić information content (AvgIpc) is 3.21. The molecule has 0 aliphatic carbocycles. The number of hydrogen-bond acceptors (Lipinski definition) is 5. The van der Waals surface area contributed by atoms with E-state index in [1.54, 1.807) is 11.8 Å². The number of nitrogens with one attached hydrogen (secondary N) is 1. The Balaban J connectivity index is 1.61. The third-order valence-corrected chi connectivity index (χ3v) is 6.33. The lowest BCUT2D eigenvalue weighted by atomic mass is 10.1. The van der Waals surface area contributed by atoms with Crippen LogP contribution in [-0.4, -0.2) is 24.3 Å². The normalized spacial score (nSPS) is 11.8. The third-order valence-electron chi connectivity index (χ3n) is 5.59. The van der Waals surface area contributed by atoms with Crippen LogP contribution in [0.4, 0.5) is 5.69 Å². The molecule has 0 bridgehead atoms. The molecular weight excluding hydrogens is 414 g/mol. The first-order valence-corrected chi connectivity index (χ1v) is 12.0. The van der Waals surface area contributed by atoms with Crippen LogP contribution in [0.15, 0.2) is 76.0 Å². The molecule has 2 aromatic heterocycles. The summed E-state index contributed by atoms with van der Waals surface area (Å²) >= 11 is 1.75. The predicted molar refractivity (Wildman–Crippen MR) is 138 cm³/mol. The Bertz CT molecular complexity index is 1420. The minimum Gasteiger partial charge on any atom is -0.452 e. The number of anilines is 1. The molecule has 32 heavy (non-hydrogen) atoms. The lowest BCUT2D eigenvalue weighted by Crippen LogP contribution is -2.09. The van der Waals surface area contributed by atoms with Crippen LogP contribution in [0.3, 0.4) is 0 Å². The maximum atomic E-state index is 6.24. The van der Waals surface area contributed by atoms with Crippen molar-refractivity contribution >= 4 is 62.6 Å². The Hall–Kier alpha value is -3.28. The maximum Gasteiger partial charge on any atom is 0.177 e. The molecule has 0 radical (unpaired) electrons. The summed E-state index contributed by atoms with van der Waals surface area (Å²) in [6.45, 7) is 1.42. The standard InChI is InChI=1S/C27H25N3OS/c1-32-20-12-9-18(10-13-20)7-8-19-11-14-23-22(17-19)25(29-16-4-15-28)27-26(30-23)21-5-2-3-6-24(21)31-27/h2-3,5-14,17H,4,15-16,28H2,1H3,(H,29,30)/b8-7+. The molecule has 5 rings (SSSR count). The zero-order valence-electron chi connectivity index (χ0n) is 18.0. The van der Waals surface area contributed by atoms with E-state index in [2.05, 4.69) is 72.3 Å². The topological polar surface area (TPSA) is 64.1 Å². The van der Waals surface area contributed by atoms with E-state index >= 15 is 0 Å². The van der Waals surface area contributed by atoms with Crippen molar-refractivity contribution in [3.8, 4) is 0 Å². The fourth-order valence-electron chi connectivity index (χ4n) is 3.91. The number of para-hydroxylation sites is 1. The SMILES string of the molecule is CSc1ccc(/C=C/c2ccc3nc4c(oc5ccccc54)c(NCCCN)c3c2)cc1. The summed E-state index contributed by atoms with van der Waals surface area (Å²) in [7, 11) is 0. The first-order valence-electron chi connectivity index (χ1n) is 10.8. The molecule has 0 saturated carbocycles. The van der Waals surface area contributed by atoms with Crippen molar-refractivity contribution < 1.29 is 4.42 Å². The molecule has 5 heteroatoms. The van der Waals surface area contributed by atoms with Gasteiger partial charge in [-0.25, -0.2) is 4.98 Å². The molecule has 0 unspecified atom stereocenters. The molecule has 0 saturated heterocycles. The number of hydrogen-bond donors (Lipinski definition) is 2. The van der Waals surface area contributed by atoms with Crippen LogP contribution in [0, 0.1) is 0 Å². The fraction of sp³-hybridized carbons (Fsp3) is 0.148. The summed E-state index contributed by atoms with van der Waals surface area (Å²) in [6, 6.07) is 23.0. The Labute approximate surface area is 191 Å². The van der Waals surface area contributed by atoms with Crippen LogP contribution in [0.25, 0.3) is 45.1 Å². The Kier molecular flexibility index (Phi) is 5.84. The Morgan fingerprint density at radius 1 is 0.969 bits per heavy atom. The monoisotopic (exact) mass is 439 g/mol. The van der Waals surface area contributed by atoms with Crippen molar-refractivity contribution in [2.75, 3.05) is 24.7 Å². The largest absolute Gasteiger partial charge is 0.452 e. The van der Waals surface area contributed by atoms with E-state index in [1.165, 1.54) is 10.5 Å². The van der Waals surface area contributed by atoms with Crippen molar-refractivity contribution in [2.45, 2.75) is 11.3 Å². The third kappa shape index (κ3) is 3.97. The lowest BCUT2D eigenvalue weighted by Gasteiger charge is -2.11. The first-order chi connectivity index (χ1) is 15.8. The van der Waals surface area contributed by atoms with Crippen LogP contribution < -0.4 is 11.1 Å². The summed E-state index contributed by atoms with van der Waals surface area (Å²) in [5, 5.41) is 5.65. The smallest absolute Gasteiger partial charge is 0.177 e. The highest BCUT2D eigenvalue weighted by molar-refractivity contribution is 7.98. The summed E-state index contributed by atoms with van der Waals surface area (Å²) < 4.78 is 6.24. The van der Waals surface area contributed by atoms with Gasteiger partial charge in [0.15, 0.2) is 5.58 Å². The average molecular weight is 440 g/mol. The number of nitrogens with zero attached hydrogens (tertiary/aromatic N) is 1. The zero-order valence-corrected chi connectivity index (χ0v) is 18.8. The maximum absolute atomic E-state index is 6.24. The summed E-state index contributed by atoms with van der Waals surface area (Å²) in [6.07, 6.45) is 7.25. The minimum absolute atomic E-state index is 0.641. The molecule has 0 amide bonds. The van der Waals surface area contributed by atoms with Crippen LogP contribution >= 0.6 is 11.8 Å². The van der Waals surface area contributed by atoms with Crippen molar-refractivity contribution in [1.29, 1.82) is 0 Å². The lowest BCUT2D eigenvalue weighted by molar-refractivity contribution is 0.669. The molecule has 0 aliphatic heterocycles. The molecule has 0 fully saturated rings. The number of benzene rings is 3. The van der Waals surface area contributed by atoms with Gasteiger partial charge in [0.25, 0.3) is 0 Å². The molecule has 0 spiro atoms. The number of rotatable bonds is 7. The molecule has 3 N–H and O–H groups in total. The van der Waals surface area contributed by atoms with E-state index < -0.39 is 0 Å². The van der Waals surface area contributed by atoms with Gasteiger partial charge in [-0.05, 0) is 66.7 Å². The Morgan fingerprint density at radius 3 is 2.56 bits per heavy atom. The number of furan rings is 1. The van der Waals surface area contributed by atoms with Gasteiger partial charge in [0, 0.05) is 22.2 Å². The molecule has 3 aromatic carbocycles. The molecule has 160 valence electrons. The number of pyridine rings is 1. The Morgan fingerprint density at radius 2 is 1.75 bits per heavy atom. The van der Waals surface area contributed by atoms with Crippen molar-refractivity contribution in [2.24, 2.45) is 5.73 Å². The van der Waals surface area contributed by atoms with E-state index in [4.69, 9.17) is 15.1 Å². The van der Waals surface area contributed by atoms with E-state index in [0.717, 1.165) is 57.2 Å². The van der Waals surface area contributed by atoms with Gasteiger partial charge < -0.3 is 15.5 Å². The van der Waals surface area contributed by atoms with Gasteiger partial charge >= 0.3 is 0 Å². The second-order valence-electron chi connectivity index (χ2n) is 7.71. The number of nitrogens with two attached hydrogens (primary N) is 1. The molecule has 2 heterocycles. The number of aromatic nitrogens is 1. The summed E-state index contributed by atoms with van der Waals surface area (Å²) in [4.78, 5) is 6.21. The number of fused-ring (bicyclic) bond motifs is 4. The predicted octanol–water partition coefficient (Wildman–Crippen LogP) is 6.79. The quantitative estimate of drug-likeness (QED) is 0.166. The minimum atomic E-state index is 0.641. The van der Waals surface area contributed by atoms with E-state index in [1.807, 2.05) is 18.2 Å². The molecule has 0 aliphatic rings. The van der Waals surface area contributed by atoms with Crippen molar-refractivity contribution in [3.63, 3.8) is 0 Å². The molecule has 0 atom stereocenters. The number of thioether (sulfide) groups is 1. The van der Waals surface area contributed by atoms with Gasteiger partial charge in [-0.3, -0.25) is 0 Å². The molecule has 4 nitrogen and oxygen atoms in total. The van der Waals surface area contributed by atoms with Gasteiger partial charge in [0.2, 0.25) is 0 Å². The van der Waals surface area contributed by atoms with Gasteiger partial charge in [0.1, 0.15) is 11.1 Å².